The first kappa shape index (κ1) is 11.5. The van der Waals surface area contributed by atoms with Gasteiger partial charge in [0.2, 0.25) is 0 Å². The lowest BCUT2D eigenvalue weighted by Gasteiger charge is -2.23. The van der Waals surface area contributed by atoms with E-state index in [1.54, 1.807) is 45.3 Å². The van der Waals surface area contributed by atoms with Gasteiger partial charge in [-0.1, -0.05) is 0 Å². The lowest BCUT2D eigenvalue weighted by atomic mass is 10.1. The maximum absolute atomic E-state index is 11.5. The van der Waals surface area contributed by atoms with E-state index < -0.39 is 5.60 Å². The van der Waals surface area contributed by atoms with E-state index in [1.807, 2.05) is 0 Å². The van der Waals surface area contributed by atoms with Crippen LogP contribution in [0.4, 0.5) is 0 Å². The molecule has 0 saturated heterocycles. The first-order valence-electron chi connectivity index (χ1n) is 4.82. The summed E-state index contributed by atoms with van der Waals surface area (Å²) in [6, 6.07) is 3.49. The predicted octanol–water partition coefficient (Wildman–Crippen LogP) is 1.80. The maximum atomic E-state index is 11.5. The third-order valence-electron chi connectivity index (χ3n) is 1.77. The van der Waals surface area contributed by atoms with Crippen LogP contribution >= 0.6 is 0 Å². The van der Waals surface area contributed by atoms with Crippen LogP contribution in [0.2, 0.25) is 0 Å². The molecule has 0 aromatic carbocycles. The number of hydrogen-bond acceptors (Lipinski definition) is 4. The molecule has 0 unspecified atom stereocenters. The van der Waals surface area contributed by atoms with Crippen LogP contribution in [0.5, 0.6) is 5.75 Å². The average Bonchev–Trinajstić information content (AvgIpc) is 2.19. The van der Waals surface area contributed by atoms with Gasteiger partial charge in [-0.05, 0) is 32.9 Å². The molecular weight excluding hydrogens is 194 g/mol. The van der Waals surface area contributed by atoms with Crippen LogP contribution in [0.1, 0.15) is 20.8 Å². The van der Waals surface area contributed by atoms with E-state index >= 15 is 0 Å². The highest BCUT2D eigenvalue weighted by Crippen LogP contribution is 2.17. The van der Waals surface area contributed by atoms with E-state index in [9.17, 15) is 4.79 Å². The summed E-state index contributed by atoms with van der Waals surface area (Å²) in [6.45, 7) is 5.44. The Hall–Kier alpha value is -1.58. The Balaban J connectivity index is 2.68. The van der Waals surface area contributed by atoms with Crippen LogP contribution in [-0.4, -0.2) is 23.2 Å². The molecule has 0 spiro atoms. The first-order valence-corrected chi connectivity index (χ1v) is 4.82. The summed E-state index contributed by atoms with van der Waals surface area (Å²) in [7, 11) is 0. The van der Waals surface area contributed by atoms with Crippen molar-refractivity contribution in [3.8, 4) is 5.75 Å². The molecule has 0 saturated carbocycles. The molecule has 0 fully saturated rings. The molecule has 0 bridgehead atoms. The molecule has 15 heavy (non-hydrogen) atoms. The van der Waals surface area contributed by atoms with Gasteiger partial charge in [0.15, 0.2) is 5.60 Å². The van der Waals surface area contributed by atoms with Gasteiger partial charge in [0.25, 0.3) is 0 Å². The molecule has 1 aromatic heterocycles. The molecule has 1 rings (SSSR count). The highest BCUT2D eigenvalue weighted by Gasteiger charge is 2.31. The highest BCUT2D eigenvalue weighted by molar-refractivity contribution is 5.78. The smallest absolute Gasteiger partial charge is 0.349 e. The number of carbonyl (C=O) groups excluding carboxylic acids is 1. The number of pyridine rings is 1. The molecule has 82 valence electrons. The van der Waals surface area contributed by atoms with Gasteiger partial charge in [-0.15, -0.1) is 0 Å². The number of ether oxygens (including phenoxy) is 2. The molecule has 0 aliphatic heterocycles. The summed E-state index contributed by atoms with van der Waals surface area (Å²) in [4.78, 5) is 15.4. The minimum absolute atomic E-state index is 0.346. The lowest BCUT2D eigenvalue weighted by molar-refractivity contribution is -0.158. The second-order valence-electron chi connectivity index (χ2n) is 3.52. The van der Waals surface area contributed by atoms with Crippen molar-refractivity contribution in [2.45, 2.75) is 26.4 Å². The van der Waals surface area contributed by atoms with E-state index in [1.165, 1.54) is 0 Å². The Morgan fingerprint density at radius 3 is 2.80 bits per heavy atom. The monoisotopic (exact) mass is 209 g/mol. The van der Waals surface area contributed by atoms with Gasteiger partial charge in [0, 0.05) is 6.20 Å². The Bertz CT molecular complexity index is 322. The average molecular weight is 209 g/mol. The van der Waals surface area contributed by atoms with Crippen molar-refractivity contribution in [1.82, 2.24) is 4.98 Å². The minimum atomic E-state index is -0.987. The molecule has 0 amide bonds. The Morgan fingerprint density at radius 2 is 2.27 bits per heavy atom. The molecule has 4 heteroatoms. The van der Waals surface area contributed by atoms with E-state index in [0.717, 1.165) is 0 Å². The quantitative estimate of drug-likeness (QED) is 0.709. The fourth-order valence-electron chi connectivity index (χ4n) is 1.05. The Labute approximate surface area is 89.2 Å². The molecule has 0 aliphatic rings. The van der Waals surface area contributed by atoms with Gasteiger partial charge in [0.1, 0.15) is 5.75 Å². The largest absolute Gasteiger partial charge is 0.475 e. The van der Waals surface area contributed by atoms with Crippen molar-refractivity contribution in [3.05, 3.63) is 24.5 Å². The fraction of sp³-hybridized carbons (Fsp3) is 0.455. The van der Waals surface area contributed by atoms with Crippen molar-refractivity contribution in [1.29, 1.82) is 0 Å². The van der Waals surface area contributed by atoms with Crippen LogP contribution in [-0.2, 0) is 9.53 Å². The Kier molecular flexibility index (Phi) is 3.66. The fourth-order valence-corrected chi connectivity index (χ4v) is 1.05. The normalized spacial score (nSPS) is 10.9. The summed E-state index contributed by atoms with van der Waals surface area (Å²) in [5, 5.41) is 0. The van der Waals surface area contributed by atoms with Crippen LogP contribution in [0.15, 0.2) is 24.5 Å². The molecule has 1 aromatic rings. The topological polar surface area (TPSA) is 48.4 Å². The highest BCUT2D eigenvalue weighted by atomic mass is 16.6. The number of rotatable bonds is 4. The second kappa shape index (κ2) is 4.77. The van der Waals surface area contributed by atoms with Crippen LogP contribution in [0.3, 0.4) is 0 Å². The SMILES string of the molecule is CCOC(=O)C(C)(C)Oc1cccnc1. The second-order valence-corrected chi connectivity index (χ2v) is 3.52. The van der Waals surface area contributed by atoms with Crippen LogP contribution in [0, 0.1) is 0 Å². The van der Waals surface area contributed by atoms with Crippen LogP contribution in [0.25, 0.3) is 0 Å². The molecule has 0 radical (unpaired) electrons. The van der Waals surface area contributed by atoms with Crippen LogP contribution < -0.4 is 4.74 Å². The van der Waals surface area contributed by atoms with Gasteiger partial charge >= 0.3 is 5.97 Å². The van der Waals surface area contributed by atoms with Crippen molar-refractivity contribution in [3.63, 3.8) is 0 Å². The summed E-state index contributed by atoms with van der Waals surface area (Å²) < 4.78 is 10.4. The molecule has 4 nitrogen and oxygen atoms in total. The van der Waals surface area contributed by atoms with E-state index in [-0.39, 0.29) is 5.97 Å². The third-order valence-corrected chi connectivity index (χ3v) is 1.77. The van der Waals surface area contributed by atoms with Gasteiger partial charge in [0.05, 0.1) is 12.8 Å². The summed E-state index contributed by atoms with van der Waals surface area (Å²) in [6.07, 6.45) is 3.20. The van der Waals surface area contributed by atoms with E-state index in [0.29, 0.717) is 12.4 Å². The lowest BCUT2D eigenvalue weighted by Crippen LogP contribution is -2.39. The summed E-state index contributed by atoms with van der Waals surface area (Å²) in [5.74, 6) is 0.171. The number of nitrogens with zero attached hydrogens (tertiary/aromatic N) is 1. The zero-order chi connectivity index (χ0) is 11.3. The standard InChI is InChI=1S/C11H15NO3/c1-4-14-10(13)11(2,3)15-9-6-5-7-12-8-9/h5-8H,4H2,1-3H3. The zero-order valence-electron chi connectivity index (χ0n) is 9.19. The van der Waals surface area contributed by atoms with Crippen molar-refractivity contribution >= 4 is 5.97 Å². The van der Waals surface area contributed by atoms with Crippen molar-refractivity contribution in [2.24, 2.45) is 0 Å². The molecule has 0 atom stereocenters. The molecule has 0 N–H and O–H groups in total. The van der Waals surface area contributed by atoms with Gasteiger partial charge < -0.3 is 9.47 Å². The summed E-state index contributed by atoms with van der Waals surface area (Å²) in [5.41, 5.74) is -0.987. The third kappa shape index (κ3) is 3.23. The molecular formula is C11H15NO3. The maximum Gasteiger partial charge on any atom is 0.349 e. The Morgan fingerprint density at radius 1 is 1.53 bits per heavy atom. The van der Waals surface area contributed by atoms with Crippen molar-refractivity contribution < 1.29 is 14.3 Å². The predicted molar refractivity (Wildman–Crippen MR) is 55.6 cm³/mol. The van der Waals surface area contributed by atoms with Crippen molar-refractivity contribution in [2.75, 3.05) is 6.61 Å². The first-order chi connectivity index (χ1) is 7.06. The molecule has 0 aliphatic carbocycles. The van der Waals surface area contributed by atoms with E-state index in [4.69, 9.17) is 9.47 Å². The minimum Gasteiger partial charge on any atom is -0.475 e. The number of esters is 1. The van der Waals surface area contributed by atoms with Gasteiger partial charge in [-0.25, -0.2) is 4.79 Å². The van der Waals surface area contributed by atoms with E-state index in [2.05, 4.69) is 4.98 Å². The number of aromatic nitrogens is 1. The number of carbonyl (C=O) groups is 1. The summed E-state index contributed by atoms with van der Waals surface area (Å²) >= 11 is 0. The zero-order valence-corrected chi connectivity index (χ0v) is 9.19. The molecule has 1 heterocycles. The number of hydrogen-bond donors (Lipinski definition) is 0. The van der Waals surface area contributed by atoms with Gasteiger partial charge in [-0.3, -0.25) is 4.98 Å². The van der Waals surface area contributed by atoms with Gasteiger partial charge in [-0.2, -0.15) is 0 Å².